The Hall–Kier alpha value is -2.58. The van der Waals surface area contributed by atoms with Gasteiger partial charge in [-0.3, -0.25) is 4.98 Å². The van der Waals surface area contributed by atoms with Crippen molar-refractivity contribution in [2.24, 2.45) is 11.8 Å². The van der Waals surface area contributed by atoms with Gasteiger partial charge >= 0.3 is 5.97 Å². The van der Waals surface area contributed by atoms with Crippen molar-refractivity contribution in [2.75, 3.05) is 18.0 Å². The second kappa shape index (κ2) is 4.71. The summed E-state index contributed by atoms with van der Waals surface area (Å²) in [6.07, 6.45) is 2.97. The van der Waals surface area contributed by atoms with Crippen molar-refractivity contribution in [2.45, 2.75) is 12.5 Å². The van der Waals surface area contributed by atoms with Crippen molar-refractivity contribution < 1.29 is 18.7 Å². The van der Waals surface area contributed by atoms with Gasteiger partial charge in [-0.2, -0.15) is 0 Å². The second-order valence-electron chi connectivity index (χ2n) is 5.91. The van der Waals surface area contributed by atoms with E-state index in [1.165, 1.54) is 10.9 Å². The number of carboxylic acids is 1. The Labute approximate surface area is 129 Å². The molecule has 23 heavy (non-hydrogen) atoms. The molecule has 0 radical (unpaired) electrons. The van der Waals surface area contributed by atoms with Gasteiger partial charge in [0.05, 0.1) is 42.2 Å². The van der Waals surface area contributed by atoms with Gasteiger partial charge in [0.2, 0.25) is 0 Å². The van der Waals surface area contributed by atoms with Crippen LogP contribution in [0.3, 0.4) is 0 Å². The van der Waals surface area contributed by atoms with Gasteiger partial charge in [0.15, 0.2) is 5.69 Å². The number of pyridine rings is 1. The number of alkyl halides is 2. The Morgan fingerprint density at radius 1 is 1.35 bits per heavy atom. The number of hydrogen-bond acceptors (Lipinski definition) is 5. The number of aromatic carboxylic acids is 1. The summed E-state index contributed by atoms with van der Waals surface area (Å²) in [5.74, 6) is -4.67. The van der Waals surface area contributed by atoms with Crippen LogP contribution in [0.2, 0.25) is 0 Å². The molecule has 4 rings (SSSR count). The third-order valence-corrected chi connectivity index (χ3v) is 4.46. The number of hydrogen-bond donors (Lipinski definition) is 1. The van der Waals surface area contributed by atoms with Crippen LogP contribution in [-0.2, 0) is 6.54 Å². The van der Waals surface area contributed by atoms with E-state index in [2.05, 4.69) is 15.3 Å². The lowest BCUT2D eigenvalue weighted by molar-refractivity contribution is 0.0689. The number of piperidine rings is 1. The summed E-state index contributed by atoms with van der Waals surface area (Å²) < 4.78 is 27.8. The minimum absolute atomic E-state index is 0.126. The van der Waals surface area contributed by atoms with E-state index >= 15 is 0 Å². The van der Waals surface area contributed by atoms with Gasteiger partial charge in [0, 0.05) is 13.1 Å². The molecule has 9 heteroatoms. The third-order valence-electron chi connectivity index (χ3n) is 4.46. The van der Waals surface area contributed by atoms with Crippen molar-refractivity contribution in [3.05, 3.63) is 35.9 Å². The first-order chi connectivity index (χ1) is 10.9. The van der Waals surface area contributed by atoms with E-state index in [4.69, 9.17) is 5.11 Å². The molecule has 0 aromatic carbocycles. The summed E-state index contributed by atoms with van der Waals surface area (Å²) in [6, 6.07) is 3.61. The zero-order chi connectivity index (χ0) is 16.2. The molecule has 2 aromatic rings. The molecule has 1 saturated carbocycles. The van der Waals surface area contributed by atoms with E-state index in [-0.39, 0.29) is 5.69 Å². The largest absolute Gasteiger partial charge is 0.476 e. The van der Waals surface area contributed by atoms with E-state index in [0.717, 1.165) is 5.69 Å². The number of halogens is 2. The highest BCUT2D eigenvalue weighted by molar-refractivity contribution is 5.84. The van der Waals surface area contributed by atoms with Crippen molar-refractivity contribution in [3.8, 4) is 0 Å². The Balaban J connectivity index is 1.41. The van der Waals surface area contributed by atoms with Crippen molar-refractivity contribution in [3.63, 3.8) is 0 Å². The zero-order valence-corrected chi connectivity index (χ0v) is 11.9. The Bertz CT molecular complexity index is 747. The van der Waals surface area contributed by atoms with Gasteiger partial charge in [0.1, 0.15) is 0 Å². The molecule has 1 saturated heterocycles. The summed E-state index contributed by atoms with van der Waals surface area (Å²) >= 11 is 0. The molecule has 2 atom stereocenters. The molecule has 3 heterocycles. The van der Waals surface area contributed by atoms with Crippen LogP contribution in [0, 0.1) is 11.8 Å². The summed E-state index contributed by atoms with van der Waals surface area (Å²) in [5.41, 5.74) is 1.38. The topological polar surface area (TPSA) is 84.1 Å². The van der Waals surface area contributed by atoms with Gasteiger partial charge < -0.3 is 10.0 Å². The average molecular weight is 321 g/mol. The molecule has 7 nitrogen and oxygen atoms in total. The Morgan fingerprint density at radius 2 is 2.09 bits per heavy atom. The van der Waals surface area contributed by atoms with Crippen LogP contribution in [0.25, 0.3) is 0 Å². The standard InChI is InChI=1S/C14H13F2N5O2/c15-14(16)10-5-20(6-11(10)14)9-2-1-8(17-3-9)4-21-7-12(13(22)23)18-19-21/h1-3,7,10-11H,4-6H2,(H,22,23). The SMILES string of the molecule is O=C(O)c1cn(Cc2ccc(N3CC4C(C3)C4(F)F)cn2)nn1. The quantitative estimate of drug-likeness (QED) is 0.908. The highest BCUT2D eigenvalue weighted by atomic mass is 19.3. The number of rotatable bonds is 4. The fourth-order valence-electron chi connectivity index (χ4n) is 3.06. The molecule has 2 aliphatic rings. The Kier molecular flexibility index (Phi) is 2.87. The molecule has 0 amide bonds. The highest BCUT2D eigenvalue weighted by Gasteiger charge is 2.71. The minimum atomic E-state index is -2.49. The monoisotopic (exact) mass is 321 g/mol. The molecule has 120 valence electrons. The van der Waals surface area contributed by atoms with Gasteiger partial charge in [-0.25, -0.2) is 18.3 Å². The number of anilines is 1. The van der Waals surface area contributed by atoms with Crippen molar-refractivity contribution in [1.29, 1.82) is 0 Å². The first kappa shape index (κ1) is 14.0. The van der Waals surface area contributed by atoms with Crippen LogP contribution in [0.4, 0.5) is 14.5 Å². The first-order valence-corrected chi connectivity index (χ1v) is 7.16. The lowest BCUT2D eigenvalue weighted by Crippen LogP contribution is -2.27. The van der Waals surface area contributed by atoms with Crippen molar-refractivity contribution in [1.82, 2.24) is 20.0 Å². The van der Waals surface area contributed by atoms with E-state index in [0.29, 0.717) is 25.3 Å². The smallest absolute Gasteiger partial charge is 0.358 e. The second-order valence-corrected chi connectivity index (χ2v) is 5.91. The molecule has 1 N–H and O–H groups in total. The van der Waals surface area contributed by atoms with Gasteiger partial charge in [-0.15, -0.1) is 5.10 Å². The number of carboxylic acid groups (broad SMARTS) is 1. The summed E-state index contributed by atoms with van der Waals surface area (Å²) in [5, 5.41) is 16.0. The van der Waals surface area contributed by atoms with Crippen LogP contribution in [0.1, 0.15) is 16.2 Å². The van der Waals surface area contributed by atoms with Gasteiger partial charge in [-0.1, -0.05) is 5.21 Å². The molecule has 0 bridgehead atoms. The molecular formula is C14H13F2N5O2. The average Bonchev–Trinajstić information content (AvgIpc) is 2.99. The lowest BCUT2D eigenvalue weighted by atomic mass is 10.3. The van der Waals surface area contributed by atoms with E-state index in [1.807, 2.05) is 11.0 Å². The predicted molar refractivity (Wildman–Crippen MR) is 74.5 cm³/mol. The lowest BCUT2D eigenvalue weighted by Gasteiger charge is -2.21. The molecule has 2 aromatic heterocycles. The number of nitrogens with zero attached hydrogens (tertiary/aromatic N) is 5. The third kappa shape index (κ3) is 2.32. The van der Waals surface area contributed by atoms with Crippen molar-refractivity contribution >= 4 is 11.7 Å². The molecule has 2 unspecified atom stereocenters. The molecule has 1 aliphatic heterocycles. The van der Waals surface area contributed by atoms with Gasteiger partial charge in [0.25, 0.3) is 5.92 Å². The number of carbonyl (C=O) groups is 1. The van der Waals surface area contributed by atoms with Crippen LogP contribution >= 0.6 is 0 Å². The maximum Gasteiger partial charge on any atom is 0.358 e. The normalized spacial score (nSPS) is 24.5. The van der Waals surface area contributed by atoms with Crippen LogP contribution in [0.5, 0.6) is 0 Å². The summed E-state index contributed by atoms with van der Waals surface area (Å²) in [7, 11) is 0. The highest BCUT2D eigenvalue weighted by Crippen LogP contribution is 2.59. The minimum Gasteiger partial charge on any atom is -0.476 e. The summed E-state index contributed by atoms with van der Waals surface area (Å²) in [6.45, 7) is 1.03. The summed E-state index contributed by atoms with van der Waals surface area (Å²) in [4.78, 5) is 16.9. The first-order valence-electron chi connectivity index (χ1n) is 7.16. The molecular weight excluding hydrogens is 308 g/mol. The van der Waals surface area contributed by atoms with E-state index < -0.39 is 23.7 Å². The fraction of sp³-hybridized carbons (Fsp3) is 0.429. The van der Waals surface area contributed by atoms with Crippen LogP contribution in [-0.4, -0.2) is 50.1 Å². The van der Waals surface area contributed by atoms with Crippen LogP contribution in [0.15, 0.2) is 24.5 Å². The fourth-order valence-corrected chi connectivity index (χ4v) is 3.06. The zero-order valence-electron chi connectivity index (χ0n) is 11.9. The number of aromatic nitrogens is 4. The predicted octanol–water partition coefficient (Wildman–Crippen LogP) is 1.12. The van der Waals surface area contributed by atoms with Crippen LogP contribution < -0.4 is 4.90 Å². The maximum atomic E-state index is 13.2. The maximum absolute atomic E-state index is 13.2. The number of fused-ring (bicyclic) bond motifs is 1. The van der Waals surface area contributed by atoms with Gasteiger partial charge in [-0.05, 0) is 12.1 Å². The molecule has 2 fully saturated rings. The van der Waals surface area contributed by atoms with E-state index in [9.17, 15) is 13.6 Å². The molecule has 0 spiro atoms. The van der Waals surface area contributed by atoms with E-state index in [1.54, 1.807) is 12.3 Å². The Morgan fingerprint density at radius 3 is 2.65 bits per heavy atom. The molecule has 1 aliphatic carbocycles.